The zero-order chi connectivity index (χ0) is 18.8. The van der Waals surface area contributed by atoms with E-state index in [1.165, 1.54) is 0 Å². The fourth-order valence-corrected chi connectivity index (χ4v) is 3.41. The highest BCUT2D eigenvalue weighted by Gasteiger charge is 2.50. The summed E-state index contributed by atoms with van der Waals surface area (Å²) in [5.74, 6) is -0.650. The Bertz CT molecular complexity index is 742. The smallest absolute Gasteiger partial charge is 0.387 e. The summed E-state index contributed by atoms with van der Waals surface area (Å²) in [7, 11) is 0. The molecule has 134 valence electrons. The van der Waals surface area contributed by atoms with Crippen LogP contribution in [0, 0.1) is 12.3 Å². The monoisotopic (exact) mass is 391 g/mol. The highest BCUT2D eigenvalue weighted by Crippen LogP contribution is 2.44. The molecular formula is C16H13Cl2F2NO4. The number of anilines is 1. The molecule has 1 fully saturated rings. The Hall–Kier alpha value is -2.04. The molecule has 1 aliphatic carbocycles. The van der Waals surface area contributed by atoms with Gasteiger partial charge < -0.3 is 9.84 Å². The van der Waals surface area contributed by atoms with Crippen molar-refractivity contribution in [3.05, 3.63) is 22.2 Å². The lowest BCUT2D eigenvalue weighted by Gasteiger charge is -2.37. The van der Waals surface area contributed by atoms with Gasteiger partial charge in [0, 0.05) is 6.07 Å². The molecule has 9 heteroatoms. The van der Waals surface area contributed by atoms with E-state index in [4.69, 9.17) is 29.6 Å². The standard InChI is InChI=1S/C16H13Cl2F2NO4/c1-2-13(22)21(16(14(23)24)5-3-4-6-16)11-7-10(18)12(8-9(11)17)25-15(19)20/h1,7-8,15H,3-6H2,(H,23,24). The summed E-state index contributed by atoms with van der Waals surface area (Å²) in [6.45, 7) is -3.12. The average Bonchev–Trinajstić information content (AvgIpc) is 3.02. The Balaban J connectivity index is 2.60. The fraction of sp³-hybridized carbons (Fsp3) is 0.375. The predicted molar refractivity (Wildman–Crippen MR) is 88.2 cm³/mol. The van der Waals surface area contributed by atoms with Gasteiger partial charge in [0.05, 0.1) is 15.7 Å². The second-order valence-electron chi connectivity index (χ2n) is 5.44. The number of terminal acetylenes is 1. The van der Waals surface area contributed by atoms with Crippen LogP contribution in [0.4, 0.5) is 14.5 Å². The van der Waals surface area contributed by atoms with Crippen molar-refractivity contribution >= 4 is 40.8 Å². The van der Waals surface area contributed by atoms with Crippen LogP contribution in [0.25, 0.3) is 0 Å². The van der Waals surface area contributed by atoms with Gasteiger partial charge in [0.15, 0.2) is 0 Å². The number of alkyl halides is 2. The molecule has 5 nitrogen and oxygen atoms in total. The van der Waals surface area contributed by atoms with Gasteiger partial charge in [0.1, 0.15) is 11.3 Å². The Labute approximate surface area is 152 Å². The Kier molecular flexibility index (Phi) is 5.76. The third kappa shape index (κ3) is 3.65. The second-order valence-corrected chi connectivity index (χ2v) is 6.26. The van der Waals surface area contributed by atoms with Crippen LogP contribution >= 0.6 is 23.2 Å². The quantitative estimate of drug-likeness (QED) is 0.771. The van der Waals surface area contributed by atoms with Crippen molar-refractivity contribution in [1.29, 1.82) is 0 Å². The molecular weight excluding hydrogens is 379 g/mol. The van der Waals surface area contributed by atoms with Gasteiger partial charge in [0.2, 0.25) is 0 Å². The highest BCUT2D eigenvalue weighted by atomic mass is 35.5. The van der Waals surface area contributed by atoms with Crippen molar-refractivity contribution < 1.29 is 28.2 Å². The number of rotatable bonds is 5. The molecule has 0 saturated heterocycles. The number of carbonyl (C=O) groups excluding carboxylic acids is 1. The summed E-state index contributed by atoms with van der Waals surface area (Å²) in [5, 5.41) is 9.27. The van der Waals surface area contributed by atoms with Crippen molar-refractivity contribution in [2.75, 3.05) is 4.90 Å². The lowest BCUT2D eigenvalue weighted by Crippen LogP contribution is -2.55. The van der Waals surface area contributed by atoms with Crippen molar-refractivity contribution in [3.63, 3.8) is 0 Å². The molecule has 1 aromatic carbocycles. The van der Waals surface area contributed by atoms with Crippen molar-refractivity contribution in [2.45, 2.75) is 37.8 Å². The molecule has 25 heavy (non-hydrogen) atoms. The number of carboxylic acids is 1. The summed E-state index contributed by atoms with van der Waals surface area (Å²) in [6.07, 6.45) is 6.71. The molecule has 0 spiro atoms. The minimum Gasteiger partial charge on any atom is -0.479 e. The third-order valence-corrected chi connectivity index (χ3v) is 4.64. The van der Waals surface area contributed by atoms with E-state index in [1.807, 2.05) is 5.92 Å². The number of halogens is 4. The summed E-state index contributed by atoms with van der Waals surface area (Å²) in [6, 6.07) is 2.09. The molecule has 0 aromatic heterocycles. The normalized spacial score (nSPS) is 15.7. The SMILES string of the molecule is C#CC(=O)N(c1cc(Cl)c(OC(F)F)cc1Cl)C1(C(=O)O)CCCC1. The summed E-state index contributed by atoms with van der Waals surface area (Å²) in [4.78, 5) is 25.1. The Morgan fingerprint density at radius 2 is 1.88 bits per heavy atom. The van der Waals surface area contributed by atoms with E-state index in [2.05, 4.69) is 4.74 Å². The van der Waals surface area contributed by atoms with Gasteiger partial charge in [0.25, 0.3) is 0 Å². The first-order valence-corrected chi connectivity index (χ1v) is 7.96. The van der Waals surface area contributed by atoms with Crippen LogP contribution in [0.3, 0.4) is 0 Å². The second kappa shape index (κ2) is 7.46. The maximum absolute atomic E-state index is 12.4. The first-order valence-electron chi connectivity index (χ1n) is 7.21. The topological polar surface area (TPSA) is 66.8 Å². The summed E-state index contributed by atoms with van der Waals surface area (Å²) >= 11 is 12.0. The van der Waals surface area contributed by atoms with Gasteiger partial charge in [-0.25, -0.2) is 4.79 Å². The number of amides is 1. The molecule has 0 heterocycles. The lowest BCUT2D eigenvalue weighted by atomic mass is 9.94. The molecule has 0 unspecified atom stereocenters. The van der Waals surface area contributed by atoms with Crippen molar-refractivity contribution in [2.24, 2.45) is 0 Å². The van der Waals surface area contributed by atoms with E-state index >= 15 is 0 Å². The van der Waals surface area contributed by atoms with Gasteiger partial charge in [-0.15, -0.1) is 6.42 Å². The molecule has 0 bridgehead atoms. The average molecular weight is 392 g/mol. The number of aliphatic carboxylic acids is 1. The molecule has 0 aliphatic heterocycles. The Morgan fingerprint density at radius 3 is 2.36 bits per heavy atom. The van der Waals surface area contributed by atoms with E-state index in [1.54, 1.807) is 0 Å². The summed E-state index contributed by atoms with van der Waals surface area (Å²) < 4.78 is 29.0. The Morgan fingerprint density at radius 1 is 1.28 bits per heavy atom. The number of ether oxygens (including phenoxy) is 1. The van der Waals surface area contributed by atoms with Crippen LogP contribution in [0.5, 0.6) is 5.75 Å². The molecule has 0 radical (unpaired) electrons. The van der Waals surface area contributed by atoms with Crippen LogP contribution < -0.4 is 9.64 Å². The number of benzene rings is 1. The maximum atomic E-state index is 12.4. The highest BCUT2D eigenvalue weighted by molar-refractivity contribution is 6.37. The van der Waals surface area contributed by atoms with Gasteiger partial charge in [-0.05, 0) is 24.8 Å². The van der Waals surface area contributed by atoms with Gasteiger partial charge in [-0.1, -0.05) is 36.0 Å². The fourth-order valence-electron chi connectivity index (χ4n) is 2.97. The molecule has 1 N–H and O–H groups in total. The molecule has 1 aliphatic rings. The lowest BCUT2D eigenvalue weighted by molar-refractivity contribution is -0.144. The van der Waals surface area contributed by atoms with Gasteiger partial charge >= 0.3 is 18.5 Å². The van der Waals surface area contributed by atoms with Gasteiger partial charge in [-0.2, -0.15) is 8.78 Å². The van der Waals surface area contributed by atoms with Crippen molar-refractivity contribution in [3.8, 4) is 18.1 Å². The number of nitrogens with zero attached hydrogens (tertiary/aromatic N) is 1. The zero-order valence-corrected chi connectivity index (χ0v) is 14.3. The number of hydrogen-bond acceptors (Lipinski definition) is 3. The molecule has 1 amide bonds. The first kappa shape index (κ1) is 19.3. The predicted octanol–water partition coefficient (Wildman–Crippen LogP) is 3.96. The minimum atomic E-state index is -3.12. The zero-order valence-electron chi connectivity index (χ0n) is 12.8. The number of carboxylic acid groups (broad SMARTS) is 1. The van der Waals surface area contributed by atoms with Crippen molar-refractivity contribution in [1.82, 2.24) is 0 Å². The third-order valence-electron chi connectivity index (χ3n) is 4.04. The molecule has 2 rings (SSSR count). The minimum absolute atomic E-state index is 0.0690. The largest absolute Gasteiger partial charge is 0.479 e. The van der Waals surface area contributed by atoms with E-state index < -0.39 is 29.8 Å². The van der Waals surface area contributed by atoms with E-state index in [-0.39, 0.29) is 28.6 Å². The number of hydrogen-bond donors (Lipinski definition) is 1. The van der Waals surface area contributed by atoms with Crippen LogP contribution in [-0.2, 0) is 9.59 Å². The van der Waals surface area contributed by atoms with Gasteiger partial charge in [-0.3, -0.25) is 9.69 Å². The van der Waals surface area contributed by atoms with E-state index in [0.717, 1.165) is 17.0 Å². The van der Waals surface area contributed by atoms with Crippen LogP contribution in [-0.4, -0.2) is 29.1 Å². The number of carbonyl (C=O) groups is 2. The van der Waals surface area contributed by atoms with E-state index in [0.29, 0.717) is 12.8 Å². The molecule has 1 aromatic rings. The van der Waals surface area contributed by atoms with Crippen LogP contribution in [0.15, 0.2) is 12.1 Å². The summed E-state index contributed by atoms with van der Waals surface area (Å²) in [5.41, 5.74) is -1.64. The molecule has 0 atom stereocenters. The maximum Gasteiger partial charge on any atom is 0.387 e. The first-order chi connectivity index (χ1) is 11.7. The molecule has 1 saturated carbocycles. The van der Waals surface area contributed by atoms with Crippen LogP contribution in [0.1, 0.15) is 25.7 Å². The van der Waals surface area contributed by atoms with E-state index in [9.17, 15) is 23.5 Å². The van der Waals surface area contributed by atoms with Crippen LogP contribution in [0.2, 0.25) is 10.0 Å².